The first kappa shape index (κ1) is 19.5. The van der Waals surface area contributed by atoms with E-state index < -0.39 is 0 Å². The van der Waals surface area contributed by atoms with Crippen molar-refractivity contribution >= 4 is 16.7 Å². The Morgan fingerprint density at radius 3 is 2.77 bits per heavy atom. The fourth-order valence-corrected chi connectivity index (χ4v) is 3.99. The molecule has 1 N–H and O–H groups in total. The molecule has 0 spiro atoms. The quantitative estimate of drug-likeness (QED) is 0.489. The van der Waals surface area contributed by atoms with Crippen molar-refractivity contribution in [3.05, 3.63) is 71.4 Å². The molecular formula is C24H26N6O. The topological polar surface area (TPSA) is 77.8 Å². The van der Waals surface area contributed by atoms with Crippen LogP contribution in [0.2, 0.25) is 0 Å². The lowest BCUT2D eigenvalue weighted by atomic mass is 10.1. The van der Waals surface area contributed by atoms with E-state index in [1.165, 1.54) is 5.39 Å². The number of aromatic nitrogens is 5. The van der Waals surface area contributed by atoms with E-state index in [9.17, 15) is 0 Å². The van der Waals surface area contributed by atoms with Crippen molar-refractivity contribution in [2.75, 3.05) is 11.9 Å². The molecule has 7 nitrogen and oxygen atoms in total. The van der Waals surface area contributed by atoms with Crippen LogP contribution in [0.3, 0.4) is 0 Å². The monoisotopic (exact) mass is 414 g/mol. The van der Waals surface area contributed by atoms with Gasteiger partial charge >= 0.3 is 0 Å². The summed E-state index contributed by atoms with van der Waals surface area (Å²) in [6.45, 7) is 5.15. The smallest absolute Gasteiger partial charge is 0.218 e. The molecule has 1 saturated carbocycles. The van der Waals surface area contributed by atoms with Crippen LogP contribution in [0.1, 0.15) is 35.2 Å². The van der Waals surface area contributed by atoms with Gasteiger partial charge < -0.3 is 10.1 Å². The maximum atomic E-state index is 6.03. The van der Waals surface area contributed by atoms with Gasteiger partial charge in [0.1, 0.15) is 11.6 Å². The molecule has 31 heavy (non-hydrogen) atoms. The average Bonchev–Trinajstić information content (AvgIpc) is 3.46. The lowest BCUT2D eigenvalue weighted by Gasteiger charge is -2.10. The summed E-state index contributed by atoms with van der Waals surface area (Å²) in [5, 5.41) is 8.90. The van der Waals surface area contributed by atoms with Crippen LogP contribution in [0.15, 0.2) is 48.5 Å². The SMILES string of the molecule is Cc1cc(CNc2cc(OCC3CC3c3ccc4ccccc4n3)nc(C)n2)n(C)n1. The van der Waals surface area contributed by atoms with Crippen LogP contribution in [0.4, 0.5) is 5.82 Å². The van der Waals surface area contributed by atoms with Crippen molar-refractivity contribution in [1.82, 2.24) is 24.7 Å². The van der Waals surface area contributed by atoms with Crippen LogP contribution < -0.4 is 10.1 Å². The highest BCUT2D eigenvalue weighted by Crippen LogP contribution is 2.47. The van der Waals surface area contributed by atoms with E-state index in [2.05, 4.69) is 50.7 Å². The van der Waals surface area contributed by atoms with Gasteiger partial charge in [0.05, 0.1) is 30.1 Å². The van der Waals surface area contributed by atoms with E-state index in [0.717, 1.165) is 34.8 Å². The molecule has 1 aliphatic rings. The van der Waals surface area contributed by atoms with E-state index in [1.807, 2.05) is 43.8 Å². The number of rotatable bonds is 7. The van der Waals surface area contributed by atoms with Crippen molar-refractivity contribution < 1.29 is 4.74 Å². The maximum Gasteiger partial charge on any atom is 0.218 e. The van der Waals surface area contributed by atoms with Crippen LogP contribution in [0, 0.1) is 19.8 Å². The number of hydrogen-bond donors (Lipinski definition) is 1. The van der Waals surface area contributed by atoms with Crippen molar-refractivity contribution in [2.45, 2.75) is 32.7 Å². The number of aryl methyl sites for hydroxylation is 3. The van der Waals surface area contributed by atoms with E-state index >= 15 is 0 Å². The van der Waals surface area contributed by atoms with Gasteiger partial charge in [-0.25, -0.2) is 4.98 Å². The number of benzene rings is 1. The highest BCUT2D eigenvalue weighted by atomic mass is 16.5. The molecule has 5 rings (SSSR count). The van der Waals surface area contributed by atoms with Crippen LogP contribution in [-0.2, 0) is 13.6 Å². The lowest BCUT2D eigenvalue weighted by Crippen LogP contribution is -2.09. The molecule has 4 aromatic rings. The van der Waals surface area contributed by atoms with Crippen molar-refractivity contribution in [3.8, 4) is 5.88 Å². The number of para-hydroxylation sites is 1. The average molecular weight is 415 g/mol. The first-order valence-electron chi connectivity index (χ1n) is 10.6. The molecule has 0 amide bonds. The van der Waals surface area contributed by atoms with Crippen LogP contribution in [-0.4, -0.2) is 31.3 Å². The molecule has 3 heterocycles. The molecule has 3 aromatic heterocycles. The number of pyridine rings is 1. The van der Waals surface area contributed by atoms with Crippen LogP contribution in [0.5, 0.6) is 5.88 Å². The highest BCUT2D eigenvalue weighted by molar-refractivity contribution is 5.78. The van der Waals surface area contributed by atoms with Gasteiger partial charge in [-0.2, -0.15) is 10.1 Å². The Bertz CT molecular complexity index is 1230. The second-order valence-electron chi connectivity index (χ2n) is 8.23. The van der Waals surface area contributed by atoms with E-state index in [0.29, 0.717) is 36.7 Å². The standard InChI is InChI=1S/C24H26N6O/c1-15-10-19(30(3)29-15)13-25-23-12-24(27-16(2)26-23)31-14-18-11-20(18)22-9-8-17-6-4-5-7-21(17)28-22/h4-10,12,18,20H,11,13-14H2,1-3H3,(H,25,26,27). The Kier molecular flexibility index (Phi) is 5.02. The summed E-state index contributed by atoms with van der Waals surface area (Å²) in [7, 11) is 1.94. The van der Waals surface area contributed by atoms with Crippen LogP contribution in [0.25, 0.3) is 10.9 Å². The third-order valence-electron chi connectivity index (χ3n) is 5.73. The molecule has 0 aliphatic heterocycles. The summed E-state index contributed by atoms with van der Waals surface area (Å²) < 4.78 is 7.91. The zero-order valence-electron chi connectivity index (χ0n) is 18.0. The summed E-state index contributed by atoms with van der Waals surface area (Å²) in [5.74, 6) is 2.97. The van der Waals surface area contributed by atoms with Gasteiger partial charge in [-0.05, 0) is 38.5 Å². The summed E-state index contributed by atoms with van der Waals surface area (Å²) in [6, 6.07) is 16.5. The predicted octanol–water partition coefficient (Wildman–Crippen LogP) is 4.17. The number of ether oxygens (including phenoxy) is 1. The molecule has 1 fully saturated rings. The predicted molar refractivity (Wildman–Crippen MR) is 120 cm³/mol. The van der Waals surface area contributed by atoms with Gasteiger partial charge in [0.25, 0.3) is 0 Å². The first-order valence-corrected chi connectivity index (χ1v) is 10.6. The van der Waals surface area contributed by atoms with E-state index in [-0.39, 0.29) is 0 Å². The highest BCUT2D eigenvalue weighted by Gasteiger charge is 2.40. The summed E-state index contributed by atoms with van der Waals surface area (Å²) in [5.41, 5.74) is 4.30. The van der Waals surface area contributed by atoms with Gasteiger partial charge in [0.15, 0.2) is 0 Å². The summed E-state index contributed by atoms with van der Waals surface area (Å²) in [6.07, 6.45) is 1.10. The maximum absolute atomic E-state index is 6.03. The van der Waals surface area contributed by atoms with Gasteiger partial charge in [-0.15, -0.1) is 0 Å². The van der Waals surface area contributed by atoms with E-state index in [1.54, 1.807) is 0 Å². The third-order valence-corrected chi connectivity index (χ3v) is 5.73. The largest absolute Gasteiger partial charge is 0.477 e. The van der Waals surface area contributed by atoms with Gasteiger partial charge in [0.2, 0.25) is 5.88 Å². The summed E-state index contributed by atoms with van der Waals surface area (Å²) in [4.78, 5) is 13.8. The molecule has 2 atom stereocenters. The Hall–Kier alpha value is -3.48. The number of nitrogens with one attached hydrogen (secondary N) is 1. The van der Waals surface area contributed by atoms with Crippen molar-refractivity contribution in [2.24, 2.45) is 13.0 Å². The first-order chi connectivity index (χ1) is 15.0. The molecule has 7 heteroatoms. The second kappa shape index (κ2) is 7.98. The molecular weight excluding hydrogens is 388 g/mol. The Morgan fingerprint density at radius 1 is 1.06 bits per heavy atom. The zero-order valence-corrected chi connectivity index (χ0v) is 18.0. The van der Waals surface area contributed by atoms with Crippen molar-refractivity contribution in [3.63, 3.8) is 0 Å². The van der Waals surface area contributed by atoms with Crippen molar-refractivity contribution in [1.29, 1.82) is 0 Å². The number of nitrogens with zero attached hydrogens (tertiary/aromatic N) is 5. The fraction of sp³-hybridized carbons (Fsp3) is 0.333. The number of anilines is 1. The molecule has 0 saturated heterocycles. The lowest BCUT2D eigenvalue weighted by molar-refractivity contribution is 0.284. The molecule has 2 unspecified atom stereocenters. The van der Waals surface area contributed by atoms with Crippen LogP contribution >= 0.6 is 0 Å². The number of fused-ring (bicyclic) bond motifs is 1. The summed E-state index contributed by atoms with van der Waals surface area (Å²) >= 11 is 0. The minimum Gasteiger partial charge on any atom is -0.477 e. The van der Waals surface area contributed by atoms with Gasteiger partial charge in [-0.1, -0.05) is 24.3 Å². The second-order valence-corrected chi connectivity index (χ2v) is 8.23. The zero-order chi connectivity index (χ0) is 21.4. The molecule has 158 valence electrons. The van der Waals surface area contributed by atoms with Gasteiger partial charge in [-0.3, -0.25) is 9.67 Å². The van der Waals surface area contributed by atoms with E-state index in [4.69, 9.17) is 9.72 Å². The molecule has 0 radical (unpaired) electrons. The fourth-order valence-electron chi connectivity index (χ4n) is 3.99. The number of hydrogen-bond acceptors (Lipinski definition) is 6. The molecule has 1 aromatic carbocycles. The van der Waals surface area contributed by atoms with Gasteiger partial charge in [0, 0.05) is 36.0 Å². The third kappa shape index (κ3) is 4.35. The molecule has 1 aliphatic carbocycles. The Balaban J connectivity index is 1.20. The molecule has 0 bridgehead atoms. The Labute approximate surface area is 181 Å². The Morgan fingerprint density at radius 2 is 1.94 bits per heavy atom. The normalized spacial score (nSPS) is 17.6. The minimum atomic E-state index is 0.457. The minimum absolute atomic E-state index is 0.457.